The molecule has 4 nitrogen and oxygen atoms in total. The largest absolute Gasteiger partial charge is 0.393 e. The molecule has 90 valence electrons. The van der Waals surface area contributed by atoms with E-state index in [1.807, 2.05) is 6.92 Å². The first kappa shape index (κ1) is 13.3. The summed E-state index contributed by atoms with van der Waals surface area (Å²) in [7, 11) is -2.33. The van der Waals surface area contributed by atoms with Crippen molar-refractivity contribution >= 4 is 8.60 Å². The van der Waals surface area contributed by atoms with Gasteiger partial charge in [-0.1, -0.05) is 13.8 Å². The highest BCUT2D eigenvalue weighted by Crippen LogP contribution is 2.44. The summed E-state index contributed by atoms with van der Waals surface area (Å²) in [5.41, 5.74) is -0.583. The van der Waals surface area contributed by atoms with E-state index in [1.54, 1.807) is 0 Å². The molecule has 15 heavy (non-hydrogen) atoms. The Hall–Kier alpha value is 0.270. The van der Waals surface area contributed by atoms with E-state index < -0.39 is 20.3 Å². The fourth-order valence-corrected chi connectivity index (χ4v) is 2.98. The zero-order chi connectivity index (χ0) is 11.6. The smallest absolute Gasteiger partial charge is 0.327 e. The van der Waals surface area contributed by atoms with E-state index in [0.29, 0.717) is 18.3 Å². The van der Waals surface area contributed by atoms with E-state index in [4.69, 9.17) is 14.3 Å². The van der Waals surface area contributed by atoms with Crippen molar-refractivity contribution in [2.45, 2.75) is 51.7 Å². The van der Waals surface area contributed by atoms with E-state index in [9.17, 15) is 5.11 Å². The van der Waals surface area contributed by atoms with Gasteiger partial charge >= 0.3 is 8.60 Å². The lowest BCUT2D eigenvalue weighted by Crippen LogP contribution is -2.42. The number of rotatable bonds is 3. The molecule has 0 aromatic heterocycles. The highest BCUT2D eigenvalue weighted by atomic mass is 31.2. The zero-order valence-electron chi connectivity index (χ0n) is 9.55. The Morgan fingerprint density at radius 1 is 1.40 bits per heavy atom. The molecule has 0 bridgehead atoms. The van der Waals surface area contributed by atoms with Crippen LogP contribution in [0.4, 0.5) is 0 Å². The normalized spacial score (nSPS) is 37.6. The molecule has 0 aromatic carbocycles. The van der Waals surface area contributed by atoms with Gasteiger partial charge in [0, 0.05) is 6.42 Å². The van der Waals surface area contributed by atoms with E-state index in [1.165, 1.54) is 0 Å². The molecular formula is C10H21O4P. The Bertz CT molecular complexity index is 210. The van der Waals surface area contributed by atoms with Gasteiger partial charge in [-0.3, -0.25) is 0 Å². The van der Waals surface area contributed by atoms with Crippen molar-refractivity contribution in [3.63, 3.8) is 0 Å². The Morgan fingerprint density at radius 3 is 2.40 bits per heavy atom. The lowest BCUT2D eigenvalue weighted by atomic mass is 9.73. The Morgan fingerprint density at radius 2 is 2.00 bits per heavy atom. The fourth-order valence-electron chi connectivity index (χ4n) is 2.42. The van der Waals surface area contributed by atoms with Crippen molar-refractivity contribution in [3.05, 3.63) is 0 Å². The van der Waals surface area contributed by atoms with Gasteiger partial charge in [-0.05, 0) is 31.6 Å². The van der Waals surface area contributed by atoms with Gasteiger partial charge in [-0.25, -0.2) is 0 Å². The molecule has 1 rings (SSSR count). The van der Waals surface area contributed by atoms with Crippen LogP contribution in [0.5, 0.6) is 0 Å². The van der Waals surface area contributed by atoms with Gasteiger partial charge in [0.1, 0.15) is 0 Å². The molecule has 0 radical (unpaired) electrons. The Labute approximate surface area is 92.3 Å². The van der Waals surface area contributed by atoms with Crippen LogP contribution in [-0.4, -0.2) is 26.6 Å². The third-order valence-corrected chi connectivity index (χ3v) is 3.90. The molecule has 0 amide bonds. The van der Waals surface area contributed by atoms with Gasteiger partial charge in [0.2, 0.25) is 0 Å². The maximum Gasteiger partial charge on any atom is 0.327 e. The van der Waals surface area contributed by atoms with Gasteiger partial charge in [0.05, 0.1) is 11.7 Å². The van der Waals surface area contributed by atoms with E-state index >= 15 is 0 Å². The second kappa shape index (κ2) is 5.07. The van der Waals surface area contributed by atoms with Crippen LogP contribution in [0.2, 0.25) is 0 Å². The van der Waals surface area contributed by atoms with Gasteiger partial charge < -0.3 is 19.4 Å². The highest BCUT2D eigenvalue weighted by Gasteiger charge is 2.40. The molecule has 0 saturated heterocycles. The molecule has 1 aliphatic carbocycles. The van der Waals surface area contributed by atoms with Crippen molar-refractivity contribution in [3.8, 4) is 0 Å². The summed E-state index contributed by atoms with van der Waals surface area (Å²) in [6.07, 6.45) is 1.72. The van der Waals surface area contributed by atoms with Crippen molar-refractivity contribution < 1.29 is 19.4 Å². The lowest BCUT2D eigenvalue weighted by Gasteiger charge is -2.41. The maximum absolute atomic E-state index is 9.95. The van der Waals surface area contributed by atoms with Crippen LogP contribution < -0.4 is 0 Å². The zero-order valence-corrected chi connectivity index (χ0v) is 10.4. The van der Waals surface area contributed by atoms with Crippen LogP contribution in [0, 0.1) is 11.8 Å². The van der Waals surface area contributed by atoms with E-state index in [-0.39, 0.29) is 0 Å². The van der Waals surface area contributed by atoms with Crippen LogP contribution in [0.3, 0.4) is 0 Å². The summed E-state index contributed by atoms with van der Waals surface area (Å²) in [5.74, 6) is 0.750. The molecule has 1 aliphatic rings. The minimum Gasteiger partial charge on any atom is -0.393 e. The Kier molecular flexibility index (Phi) is 4.50. The molecule has 5 heteroatoms. The predicted octanol–water partition coefficient (Wildman–Crippen LogP) is 1.79. The number of hydrogen-bond acceptors (Lipinski definition) is 4. The molecule has 3 atom stereocenters. The first-order valence-corrected chi connectivity index (χ1v) is 6.56. The molecule has 0 aliphatic heterocycles. The van der Waals surface area contributed by atoms with Crippen LogP contribution in [0.15, 0.2) is 0 Å². The van der Waals surface area contributed by atoms with Crippen LogP contribution in [-0.2, 0) is 4.52 Å². The molecule has 0 heterocycles. The molecule has 1 fully saturated rings. The average Bonchev–Trinajstić information content (AvgIpc) is 1.99. The summed E-state index contributed by atoms with van der Waals surface area (Å²) in [4.78, 5) is 17.7. The summed E-state index contributed by atoms with van der Waals surface area (Å²) in [5, 5.41) is 9.95. The van der Waals surface area contributed by atoms with Crippen molar-refractivity contribution in [2.24, 2.45) is 11.8 Å². The first-order chi connectivity index (χ1) is 6.84. The molecule has 1 saturated carbocycles. The lowest BCUT2D eigenvalue weighted by molar-refractivity contribution is -0.0580. The van der Waals surface area contributed by atoms with Crippen LogP contribution >= 0.6 is 8.60 Å². The van der Waals surface area contributed by atoms with Gasteiger partial charge in [0.25, 0.3) is 0 Å². The number of aliphatic hydroxyl groups excluding tert-OH is 1. The first-order valence-electron chi connectivity index (χ1n) is 5.39. The van der Waals surface area contributed by atoms with E-state index in [2.05, 4.69) is 13.8 Å². The van der Waals surface area contributed by atoms with Gasteiger partial charge in [-0.2, -0.15) is 0 Å². The molecule has 0 aromatic rings. The predicted molar refractivity (Wildman–Crippen MR) is 59.0 cm³/mol. The fraction of sp³-hybridized carbons (Fsp3) is 1.00. The Balaban J connectivity index is 2.56. The third-order valence-electron chi connectivity index (χ3n) is 3.30. The summed E-state index contributed by atoms with van der Waals surface area (Å²) in [6, 6.07) is 0. The van der Waals surface area contributed by atoms with Crippen LogP contribution in [0.1, 0.15) is 40.0 Å². The molecule has 0 unspecified atom stereocenters. The number of aliphatic hydroxyl groups is 1. The standard InChI is InChI=1S/C10H21O4P/c1-7(2)8-4-5-10(3,6-9(8)11)14-15(12)13/h7-9,11-13H,4-6H2,1-3H3/t8-,9+,10+/m0/s1. The minimum absolute atomic E-state index is 0.297. The second-order valence-corrected chi connectivity index (χ2v) is 5.70. The summed E-state index contributed by atoms with van der Waals surface area (Å²) >= 11 is 0. The summed E-state index contributed by atoms with van der Waals surface area (Å²) in [6.45, 7) is 6.03. The molecular weight excluding hydrogens is 215 g/mol. The van der Waals surface area contributed by atoms with Crippen LogP contribution in [0.25, 0.3) is 0 Å². The quantitative estimate of drug-likeness (QED) is 0.653. The van der Waals surface area contributed by atoms with Crippen molar-refractivity contribution in [2.75, 3.05) is 0 Å². The van der Waals surface area contributed by atoms with Gasteiger partial charge in [0.15, 0.2) is 0 Å². The molecule has 0 spiro atoms. The van der Waals surface area contributed by atoms with Gasteiger partial charge in [-0.15, -0.1) is 0 Å². The van der Waals surface area contributed by atoms with Crippen molar-refractivity contribution in [1.29, 1.82) is 0 Å². The minimum atomic E-state index is -2.33. The second-order valence-electron chi connectivity index (χ2n) is 5.01. The monoisotopic (exact) mass is 236 g/mol. The average molecular weight is 236 g/mol. The third kappa shape index (κ3) is 3.65. The topological polar surface area (TPSA) is 69.9 Å². The summed E-state index contributed by atoms with van der Waals surface area (Å²) < 4.78 is 5.09. The number of hydrogen-bond donors (Lipinski definition) is 3. The highest BCUT2D eigenvalue weighted by molar-refractivity contribution is 7.39. The maximum atomic E-state index is 9.95. The molecule has 3 N–H and O–H groups in total. The van der Waals surface area contributed by atoms with E-state index in [0.717, 1.165) is 12.8 Å². The SMILES string of the molecule is CC(C)[C@@H]1CC[C@@](C)(OP(O)O)C[C@H]1O. The van der Waals surface area contributed by atoms with Crippen molar-refractivity contribution in [1.82, 2.24) is 0 Å².